The zero-order valence-corrected chi connectivity index (χ0v) is 8.44. The first-order valence-corrected chi connectivity index (χ1v) is 5.29. The molecule has 0 N–H and O–H groups in total. The molecule has 1 aromatic rings. The van der Waals surface area contributed by atoms with Crippen LogP contribution >= 0.6 is 0 Å². The summed E-state index contributed by atoms with van der Waals surface area (Å²) in [5.41, 5.74) is 2.18. The van der Waals surface area contributed by atoms with E-state index >= 15 is 0 Å². The number of carbonyl (C=O) groups excluding carboxylic acids is 1. The monoisotopic (exact) mass is 200 g/mol. The minimum Gasteiger partial charge on any atom is -0.349 e. The van der Waals surface area contributed by atoms with Gasteiger partial charge in [0.15, 0.2) is 11.6 Å². The second-order valence-electron chi connectivity index (χ2n) is 4.01. The summed E-state index contributed by atoms with van der Waals surface area (Å²) in [6, 6.07) is 8.03. The third kappa shape index (κ3) is 1.35. The van der Waals surface area contributed by atoms with Gasteiger partial charge in [-0.2, -0.15) is 0 Å². The second-order valence-corrected chi connectivity index (χ2v) is 4.01. The first-order chi connectivity index (χ1) is 7.34. The maximum absolute atomic E-state index is 11.7. The Bertz CT molecular complexity index is 451. The molecular formula is C12H12N2O. The average molecular weight is 200 g/mol. The number of amidine groups is 1. The van der Waals surface area contributed by atoms with Gasteiger partial charge in [-0.05, 0) is 18.1 Å². The van der Waals surface area contributed by atoms with Crippen LogP contribution in [0.25, 0.3) is 0 Å². The van der Waals surface area contributed by atoms with Crippen LogP contribution < -0.4 is 0 Å². The third-order valence-corrected chi connectivity index (χ3v) is 2.96. The number of ketones is 1. The zero-order valence-electron chi connectivity index (χ0n) is 8.44. The van der Waals surface area contributed by atoms with E-state index in [1.54, 1.807) is 0 Å². The van der Waals surface area contributed by atoms with E-state index in [-0.39, 0.29) is 5.78 Å². The number of fused-ring (bicyclic) bond motifs is 2. The van der Waals surface area contributed by atoms with Gasteiger partial charge < -0.3 is 4.90 Å². The van der Waals surface area contributed by atoms with Crippen LogP contribution in [0.5, 0.6) is 0 Å². The Hall–Kier alpha value is -1.64. The molecule has 0 radical (unpaired) electrons. The van der Waals surface area contributed by atoms with Crippen LogP contribution in [0.2, 0.25) is 0 Å². The minimum atomic E-state index is 0.191. The molecule has 0 bridgehead atoms. The molecule has 2 heterocycles. The number of hydrogen-bond donors (Lipinski definition) is 0. The second kappa shape index (κ2) is 3.19. The highest BCUT2D eigenvalue weighted by Crippen LogP contribution is 2.28. The van der Waals surface area contributed by atoms with Crippen molar-refractivity contribution in [3.63, 3.8) is 0 Å². The van der Waals surface area contributed by atoms with Crippen LogP contribution in [-0.2, 0) is 11.3 Å². The number of benzene rings is 1. The molecular weight excluding hydrogens is 188 g/mol. The number of rotatable bonds is 0. The normalized spacial score (nSPS) is 19.3. The Morgan fingerprint density at radius 3 is 3.07 bits per heavy atom. The summed E-state index contributed by atoms with van der Waals surface area (Å²) >= 11 is 0. The zero-order chi connectivity index (χ0) is 10.3. The lowest BCUT2D eigenvalue weighted by Gasteiger charge is -2.32. The predicted octanol–water partition coefficient (Wildman–Crippen LogP) is 1.90. The molecule has 0 unspecified atom stereocenters. The molecule has 0 aromatic heterocycles. The van der Waals surface area contributed by atoms with Gasteiger partial charge >= 0.3 is 0 Å². The van der Waals surface area contributed by atoms with E-state index in [9.17, 15) is 4.79 Å². The molecule has 2 aliphatic rings. The number of nitrogens with zero attached hydrogens (tertiary/aromatic N) is 2. The molecule has 0 spiro atoms. The molecule has 0 saturated carbocycles. The van der Waals surface area contributed by atoms with Gasteiger partial charge in [-0.15, -0.1) is 0 Å². The molecule has 3 rings (SSSR count). The maximum Gasteiger partial charge on any atom is 0.198 e. The Kier molecular flexibility index (Phi) is 1.84. The van der Waals surface area contributed by atoms with Gasteiger partial charge in [-0.3, -0.25) is 4.79 Å². The molecule has 1 saturated heterocycles. The van der Waals surface area contributed by atoms with E-state index in [0.29, 0.717) is 12.3 Å². The molecule has 3 heteroatoms. The van der Waals surface area contributed by atoms with Crippen molar-refractivity contribution in [1.82, 2.24) is 4.90 Å². The molecule has 1 aromatic carbocycles. The van der Waals surface area contributed by atoms with Gasteiger partial charge in [0.05, 0.1) is 5.69 Å². The van der Waals surface area contributed by atoms with Crippen molar-refractivity contribution in [2.45, 2.75) is 19.4 Å². The Morgan fingerprint density at radius 1 is 1.27 bits per heavy atom. The van der Waals surface area contributed by atoms with Crippen LogP contribution in [0, 0.1) is 0 Å². The molecule has 0 atom stereocenters. The van der Waals surface area contributed by atoms with Gasteiger partial charge in [0.2, 0.25) is 0 Å². The summed E-state index contributed by atoms with van der Waals surface area (Å²) < 4.78 is 0. The van der Waals surface area contributed by atoms with Gasteiger partial charge in [0, 0.05) is 19.5 Å². The number of carbonyl (C=O) groups is 1. The summed E-state index contributed by atoms with van der Waals surface area (Å²) in [6.45, 7) is 1.79. The van der Waals surface area contributed by atoms with Crippen molar-refractivity contribution in [3.05, 3.63) is 29.8 Å². The number of piperidine rings is 1. The van der Waals surface area contributed by atoms with E-state index in [1.807, 2.05) is 18.2 Å². The predicted molar refractivity (Wildman–Crippen MR) is 58.2 cm³/mol. The minimum absolute atomic E-state index is 0.191. The highest BCUT2D eigenvalue weighted by atomic mass is 16.1. The summed E-state index contributed by atoms with van der Waals surface area (Å²) in [7, 11) is 0. The Balaban J connectivity index is 2.08. The first kappa shape index (κ1) is 8.65. The van der Waals surface area contributed by atoms with Crippen molar-refractivity contribution in [2.24, 2.45) is 4.99 Å². The molecule has 0 amide bonds. The lowest BCUT2D eigenvalue weighted by Crippen LogP contribution is -2.42. The molecule has 3 nitrogen and oxygen atoms in total. The average Bonchev–Trinajstić information content (AvgIpc) is 2.27. The number of hydrogen-bond acceptors (Lipinski definition) is 3. The number of para-hydroxylation sites is 1. The van der Waals surface area contributed by atoms with Gasteiger partial charge in [-0.1, -0.05) is 18.2 Å². The van der Waals surface area contributed by atoms with Crippen molar-refractivity contribution in [3.8, 4) is 0 Å². The SMILES string of the molecule is O=C1CCCN2Cc3ccccc3N=C12. The van der Waals surface area contributed by atoms with Gasteiger partial charge in [0.25, 0.3) is 0 Å². The van der Waals surface area contributed by atoms with E-state index in [1.165, 1.54) is 5.56 Å². The van der Waals surface area contributed by atoms with Crippen molar-refractivity contribution in [1.29, 1.82) is 0 Å². The molecule has 15 heavy (non-hydrogen) atoms. The van der Waals surface area contributed by atoms with Crippen molar-refractivity contribution >= 4 is 17.3 Å². The summed E-state index contributed by atoms with van der Waals surface area (Å²) in [5, 5.41) is 0. The molecule has 1 fully saturated rings. The smallest absolute Gasteiger partial charge is 0.198 e. The van der Waals surface area contributed by atoms with Gasteiger partial charge in [-0.25, -0.2) is 4.99 Å². The Labute approximate surface area is 88.4 Å². The summed E-state index contributed by atoms with van der Waals surface area (Å²) in [6.07, 6.45) is 1.61. The third-order valence-electron chi connectivity index (χ3n) is 2.96. The fourth-order valence-electron chi connectivity index (χ4n) is 2.18. The topological polar surface area (TPSA) is 32.7 Å². The maximum atomic E-state index is 11.7. The van der Waals surface area contributed by atoms with Crippen LogP contribution in [0.4, 0.5) is 5.69 Å². The van der Waals surface area contributed by atoms with E-state index in [0.717, 1.165) is 25.2 Å². The standard InChI is InChI=1S/C12H12N2O/c15-11-6-3-7-14-8-9-4-1-2-5-10(9)13-12(11)14/h1-2,4-5H,3,6-8H2. The van der Waals surface area contributed by atoms with E-state index in [2.05, 4.69) is 16.0 Å². The highest BCUT2D eigenvalue weighted by molar-refractivity contribution is 6.39. The van der Waals surface area contributed by atoms with Crippen LogP contribution in [0.15, 0.2) is 29.3 Å². The van der Waals surface area contributed by atoms with Gasteiger partial charge in [0.1, 0.15) is 0 Å². The molecule has 2 aliphatic heterocycles. The first-order valence-electron chi connectivity index (χ1n) is 5.29. The van der Waals surface area contributed by atoms with Crippen LogP contribution in [0.1, 0.15) is 18.4 Å². The fourth-order valence-corrected chi connectivity index (χ4v) is 2.18. The quantitative estimate of drug-likeness (QED) is 0.640. The van der Waals surface area contributed by atoms with Crippen molar-refractivity contribution < 1.29 is 4.79 Å². The van der Waals surface area contributed by atoms with Crippen molar-refractivity contribution in [2.75, 3.05) is 6.54 Å². The Morgan fingerprint density at radius 2 is 2.13 bits per heavy atom. The lowest BCUT2D eigenvalue weighted by atomic mass is 10.0. The largest absolute Gasteiger partial charge is 0.349 e. The highest BCUT2D eigenvalue weighted by Gasteiger charge is 2.27. The summed E-state index contributed by atoms with van der Waals surface area (Å²) in [4.78, 5) is 18.2. The molecule has 0 aliphatic carbocycles. The summed E-state index contributed by atoms with van der Waals surface area (Å²) in [5.74, 6) is 0.857. The lowest BCUT2D eigenvalue weighted by molar-refractivity contribution is -0.114. The van der Waals surface area contributed by atoms with E-state index < -0.39 is 0 Å². The fraction of sp³-hybridized carbons (Fsp3) is 0.333. The van der Waals surface area contributed by atoms with Crippen LogP contribution in [0.3, 0.4) is 0 Å². The van der Waals surface area contributed by atoms with Crippen LogP contribution in [-0.4, -0.2) is 23.1 Å². The number of aliphatic imine (C=N–C) groups is 1. The number of Topliss-reactive ketones (excluding diaryl/α,β-unsaturated/α-hetero) is 1. The van der Waals surface area contributed by atoms with E-state index in [4.69, 9.17) is 0 Å². The molecule has 76 valence electrons.